The first-order chi connectivity index (χ1) is 13.8. The molecular formula is C21H26Cl2N4O2. The van der Waals surface area contributed by atoms with E-state index in [4.69, 9.17) is 23.2 Å². The molecule has 0 saturated heterocycles. The van der Waals surface area contributed by atoms with E-state index in [9.17, 15) is 9.59 Å². The topological polar surface area (TPSA) is 57.6 Å². The number of aromatic nitrogens is 1. The van der Waals surface area contributed by atoms with Gasteiger partial charge in [-0.25, -0.2) is 4.79 Å². The smallest absolute Gasteiger partial charge is 0.318 e. The molecule has 2 heterocycles. The number of halogens is 2. The van der Waals surface area contributed by atoms with Gasteiger partial charge < -0.3 is 19.7 Å². The van der Waals surface area contributed by atoms with Gasteiger partial charge in [-0.3, -0.25) is 4.79 Å². The van der Waals surface area contributed by atoms with Gasteiger partial charge in [0.15, 0.2) is 0 Å². The molecule has 8 heteroatoms. The van der Waals surface area contributed by atoms with Crippen LogP contribution in [0.15, 0.2) is 36.5 Å². The van der Waals surface area contributed by atoms with Crippen molar-refractivity contribution in [3.63, 3.8) is 0 Å². The number of rotatable bonds is 5. The average Bonchev–Trinajstić information content (AvgIpc) is 3.15. The zero-order valence-corrected chi connectivity index (χ0v) is 18.4. The van der Waals surface area contributed by atoms with Gasteiger partial charge in [0.2, 0.25) is 5.91 Å². The van der Waals surface area contributed by atoms with Gasteiger partial charge >= 0.3 is 6.03 Å². The molecule has 3 amide bonds. The van der Waals surface area contributed by atoms with Crippen molar-refractivity contribution < 1.29 is 9.59 Å². The summed E-state index contributed by atoms with van der Waals surface area (Å²) in [5.74, 6) is -0.103. The molecule has 1 aliphatic rings. The maximum Gasteiger partial charge on any atom is 0.318 e. The Bertz CT molecular complexity index is 897. The van der Waals surface area contributed by atoms with Gasteiger partial charge in [0.25, 0.3) is 0 Å². The summed E-state index contributed by atoms with van der Waals surface area (Å²) in [7, 11) is 0. The van der Waals surface area contributed by atoms with Crippen LogP contribution in [0, 0.1) is 0 Å². The summed E-state index contributed by atoms with van der Waals surface area (Å²) in [6, 6.07) is 8.92. The minimum atomic E-state index is -0.284. The summed E-state index contributed by atoms with van der Waals surface area (Å²) in [5, 5.41) is 3.77. The zero-order chi connectivity index (χ0) is 21.1. The maximum absolute atomic E-state index is 13.3. The fourth-order valence-electron chi connectivity index (χ4n) is 3.60. The van der Waals surface area contributed by atoms with E-state index < -0.39 is 0 Å². The lowest BCUT2D eigenvalue weighted by Crippen LogP contribution is -2.50. The SMILES string of the molecule is CCN(CC(=O)N1CCn2cccc2C1c1ccc(Cl)c(Cl)c1)C(=O)NC(C)C. The number of hydrogen-bond donors (Lipinski definition) is 1. The Balaban J connectivity index is 1.89. The Morgan fingerprint density at radius 3 is 2.62 bits per heavy atom. The van der Waals surface area contributed by atoms with E-state index in [1.54, 1.807) is 12.1 Å². The lowest BCUT2D eigenvalue weighted by Gasteiger charge is -2.38. The normalized spacial score (nSPS) is 15.9. The molecular weight excluding hydrogens is 411 g/mol. The summed E-state index contributed by atoms with van der Waals surface area (Å²) in [6.45, 7) is 7.38. The van der Waals surface area contributed by atoms with E-state index >= 15 is 0 Å². The van der Waals surface area contributed by atoms with E-state index in [2.05, 4.69) is 9.88 Å². The van der Waals surface area contributed by atoms with E-state index in [0.717, 1.165) is 11.3 Å². The summed E-state index contributed by atoms with van der Waals surface area (Å²) in [4.78, 5) is 29.0. The van der Waals surface area contributed by atoms with Crippen LogP contribution in [-0.4, -0.2) is 52.0 Å². The van der Waals surface area contributed by atoms with E-state index in [0.29, 0.717) is 29.7 Å². The minimum Gasteiger partial charge on any atom is -0.348 e. The molecule has 1 unspecified atom stereocenters. The average molecular weight is 437 g/mol. The summed E-state index contributed by atoms with van der Waals surface area (Å²) in [6.07, 6.45) is 2.01. The zero-order valence-electron chi connectivity index (χ0n) is 16.9. The van der Waals surface area contributed by atoms with Crippen LogP contribution in [0.4, 0.5) is 4.79 Å². The van der Waals surface area contributed by atoms with Crippen LogP contribution in [0.25, 0.3) is 0 Å². The van der Waals surface area contributed by atoms with Crippen LogP contribution in [0.3, 0.4) is 0 Å². The summed E-state index contributed by atoms with van der Waals surface area (Å²) >= 11 is 12.3. The highest BCUT2D eigenvalue weighted by molar-refractivity contribution is 6.42. The number of hydrogen-bond acceptors (Lipinski definition) is 2. The highest BCUT2D eigenvalue weighted by Crippen LogP contribution is 2.35. The van der Waals surface area contributed by atoms with Crippen molar-refractivity contribution in [2.24, 2.45) is 0 Å². The van der Waals surface area contributed by atoms with Gasteiger partial charge in [0.1, 0.15) is 6.54 Å². The second-order valence-electron chi connectivity index (χ2n) is 7.41. The summed E-state index contributed by atoms with van der Waals surface area (Å²) < 4.78 is 2.14. The number of nitrogens with zero attached hydrogens (tertiary/aromatic N) is 3. The molecule has 0 spiro atoms. The molecule has 0 aliphatic carbocycles. The highest BCUT2D eigenvalue weighted by atomic mass is 35.5. The number of benzene rings is 1. The molecule has 0 radical (unpaired) electrons. The third kappa shape index (κ3) is 4.70. The molecule has 1 aromatic heterocycles. The van der Waals surface area contributed by atoms with Gasteiger partial charge in [0, 0.05) is 37.6 Å². The Morgan fingerprint density at radius 1 is 1.21 bits per heavy atom. The largest absolute Gasteiger partial charge is 0.348 e. The van der Waals surface area contributed by atoms with Gasteiger partial charge in [0.05, 0.1) is 16.1 Å². The third-order valence-electron chi connectivity index (χ3n) is 5.03. The van der Waals surface area contributed by atoms with Crippen LogP contribution in [0.1, 0.15) is 38.1 Å². The van der Waals surface area contributed by atoms with Gasteiger partial charge in [-0.05, 0) is 50.6 Å². The van der Waals surface area contributed by atoms with E-state index in [-0.39, 0.29) is 30.6 Å². The van der Waals surface area contributed by atoms with Gasteiger partial charge in [-0.1, -0.05) is 29.3 Å². The van der Waals surface area contributed by atoms with Crippen LogP contribution in [0.5, 0.6) is 0 Å². The monoisotopic (exact) mass is 436 g/mol. The quantitative estimate of drug-likeness (QED) is 0.764. The Morgan fingerprint density at radius 2 is 1.97 bits per heavy atom. The molecule has 1 N–H and O–H groups in total. The van der Waals surface area contributed by atoms with Crippen LogP contribution >= 0.6 is 23.2 Å². The first-order valence-corrected chi connectivity index (χ1v) is 10.5. The molecule has 0 bridgehead atoms. The van der Waals surface area contributed by atoms with Crippen molar-refractivity contribution in [3.05, 3.63) is 57.8 Å². The maximum atomic E-state index is 13.3. The number of nitrogens with one attached hydrogen (secondary N) is 1. The highest BCUT2D eigenvalue weighted by Gasteiger charge is 2.33. The molecule has 0 fully saturated rings. The predicted octanol–water partition coefficient (Wildman–Crippen LogP) is 4.17. The van der Waals surface area contributed by atoms with Crippen molar-refractivity contribution in [2.45, 2.75) is 39.4 Å². The lowest BCUT2D eigenvalue weighted by atomic mass is 9.99. The van der Waals surface area contributed by atoms with Crippen molar-refractivity contribution in [3.8, 4) is 0 Å². The number of carbonyl (C=O) groups excluding carboxylic acids is 2. The number of likely N-dealkylation sites (N-methyl/N-ethyl adjacent to an activating group) is 1. The number of urea groups is 1. The molecule has 6 nitrogen and oxygen atoms in total. The predicted molar refractivity (Wildman–Crippen MR) is 115 cm³/mol. The number of fused-ring (bicyclic) bond motifs is 1. The standard InChI is InChI=1S/C21H26Cl2N4O2/c1-4-25(21(29)24-14(2)3)13-19(28)27-11-10-26-9-5-6-18(26)20(27)15-7-8-16(22)17(23)12-15/h5-9,12,14,20H,4,10-11,13H2,1-3H3,(H,24,29). The Hall–Kier alpha value is -2.18. The van der Waals surface area contributed by atoms with Gasteiger partial charge in [-0.2, -0.15) is 0 Å². The minimum absolute atomic E-state index is 0.00822. The Kier molecular flexibility index (Phi) is 6.75. The number of carbonyl (C=O) groups is 2. The molecule has 1 atom stereocenters. The molecule has 1 aliphatic heterocycles. The first-order valence-electron chi connectivity index (χ1n) is 9.76. The third-order valence-corrected chi connectivity index (χ3v) is 5.76. The van der Waals surface area contributed by atoms with Crippen LogP contribution in [0.2, 0.25) is 10.0 Å². The second kappa shape index (κ2) is 9.09. The van der Waals surface area contributed by atoms with Crippen molar-refractivity contribution in [1.29, 1.82) is 0 Å². The van der Waals surface area contributed by atoms with E-state index in [1.165, 1.54) is 4.90 Å². The van der Waals surface area contributed by atoms with Crippen LogP contribution < -0.4 is 5.32 Å². The van der Waals surface area contributed by atoms with Gasteiger partial charge in [-0.15, -0.1) is 0 Å². The van der Waals surface area contributed by atoms with Crippen molar-refractivity contribution in [2.75, 3.05) is 19.6 Å². The number of amides is 3. The van der Waals surface area contributed by atoms with Crippen molar-refractivity contribution >= 4 is 35.1 Å². The fraction of sp³-hybridized carbons (Fsp3) is 0.429. The molecule has 29 heavy (non-hydrogen) atoms. The van der Waals surface area contributed by atoms with Crippen molar-refractivity contribution in [1.82, 2.24) is 19.7 Å². The second-order valence-corrected chi connectivity index (χ2v) is 8.22. The fourth-order valence-corrected chi connectivity index (χ4v) is 3.91. The molecule has 1 aromatic carbocycles. The molecule has 3 rings (SSSR count). The summed E-state index contributed by atoms with van der Waals surface area (Å²) in [5.41, 5.74) is 1.90. The molecule has 2 aromatic rings. The molecule has 0 saturated carbocycles. The first kappa shape index (κ1) is 21.5. The Labute approximate surface area is 181 Å². The lowest BCUT2D eigenvalue weighted by molar-refractivity contribution is -0.134. The van der Waals surface area contributed by atoms with Crippen LogP contribution in [-0.2, 0) is 11.3 Å². The molecule has 156 valence electrons. The van der Waals surface area contributed by atoms with E-state index in [1.807, 2.05) is 50.1 Å².